The molecule has 6 nitrogen and oxygen atoms in total. The Hall–Kier alpha value is -3.41. The Kier molecular flexibility index (Phi) is 44.5. The van der Waals surface area contributed by atoms with Crippen molar-refractivity contribution in [2.45, 2.75) is 219 Å². The Balaban J connectivity index is 4.32. The minimum atomic E-state index is -0.793. The number of unbranched alkanes of at least 4 members (excludes halogenated alkanes) is 17. The Bertz CT molecular complexity index is 1170. The van der Waals surface area contributed by atoms with Crippen molar-refractivity contribution in [3.63, 3.8) is 0 Å². The van der Waals surface area contributed by atoms with Gasteiger partial charge >= 0.3 is 17.9 Å². The van der Waals surface area contributed by atoms with E-state index in [-0.39, 0.29) is 37.5 Å². The second-order valence-corrected chi connectivity index (χ2v) is 15.6. The molecule has 0 aliphatic carbocycles. The van der Waals surface area contributed by atoms with Gasteiger partial charge in [0, 0.05) is 19.3 Å². The van der Waals surface area contributed by atoms with Gasteiger partial charge in [0.05, 0.1) is 0 Å². The second kappa shape index (κ2) is 47.3. The molecule has 1 unspecified atom stereocenters. The summed E-state index contributed by atoms with van der Waals surface area (Å²) in [6.07, 6.45) is 60.2. The average molecular weight is 821 g/mol. The van der Waals surface area contributed by atoms with Crippen molar-refractivity contribution in [1.29, 1.82) is 0 Å². The van der Waals surface area contributed by atoms with Gasteiger partial charge in [-0.15, -0.1) is 0 Å². The molecule has 0 saturated heterocycles. The molecule has 0 aliphatic rings. The van der Waals surface area contributed by atoms with E-state index in [9.17, 15) is 14.4 Å². The van der Waals surface area contributed by atoms with Gasteiger partial charge in [-0.2, -0.15) is 0 Å². The molecule has 0 bridgehead atoms. The molecule has 0 fully saturated rings. The normalized spacial score (nSPS) is 12.8. The third-order valence-corrected chi connectivity index (χ3v) is 9.91. The van der Waals surface area contributed by atoms with E-state index in [1.165, 1.54) is 77.0 Å². The smallest absolute Gasteiger partial charge is 0.306 e. The van der Waals surface area contributed by atoms with Crippen molar-refractivity contribution in [2.75, 3.05) is 13.2 Å². The van der Waals surface area contributed by atoms with Gasteiger partial charge in [0.25, 0.3) is 0 Å². The van der Waals surface area contributed by atoms with Crippen molar-refractivity contribution in [1.82, 2.24) is 0 Å². The maximum Gasteiger partial charge on any atom is 0.306 e. The van der Waals surface area contributed by atoms with E-state index >= 15 is 0 Å². The van der Waals surface area contributed by atoms with Crippen LogP contribution in [0.4, 0.5) is 0 Å². The number of hydrogen-bond donors (Lipinski definition) is 0. The summed E-state index contributed by atoms with van der Waals surface area (Å²) in [6.45, 7) is 6.39. The topological polar surface area (TPSA) is 78.9 Å². The minimum absolute atomic E-state index is 0.0938. The maximum absolute atomic E-state index is 12.7. The Morgan fingerprint density at radius 1 is 0.356 bits per heavy atom. The van der Waals surface area contributed by atoms with E-state index in [1.54, 1.807) is 0 Å². The molecule has 1 atom stereocenters. The van der Waals surface area contributed by atoms with Crippen LogP contribution < -0.4 is 0 Å². The van der Waals surface area contributed by atoms with Gasteiger partial charge in [0.1, 0.15) is 13.2 Å². The van der Waals surface area contributed by atoms with Crippen molar-refractivity contribution >= 4 is 17.9 Å². The summed E-state index contributed by atoms with van der Waals surface area (Å²) >= 11 is 0. The van der Waals surface area contributed by atoms with Crippen molar-refractivity contribution in [2.24, 2.45) is 0 Å². The predicted molar refractivity (Wildman–Crippen MR) is 251 cm³/mol. The zero-order valence-electron chi connectivity index (χ0n) is 38.2. The number of esters is 3. The Morgan fingerprint density at radius 2 is 0.661 bits per heavy atom. The lowest BCUT2D eigenvalue weighted by Crippen LogP contribution is -2.30. The molecular formula is C53H88O6. The van der Waals surface area contributed by atoms with Crippen LogP contribution in [0.15, 0.2) is 85.1 Å². The highest BCUT2D eigenvalue weighted by Gasteiger charge is 2.19. The fourth-order valence-electron chi connectivity index (χ4n) is 6.31. The van der Waals surface area contributed by atoms with E-state index in [1.807, 2.05) is 0 Å². The standard InChI is InChI=1S/C53H88O6/c1-4-7-10-13-16-18-20-22-23-24-25-26-27-28-29-30-31-32-34-35-37-40-43-46-52(55)58-49-50(48-57-51(54)45-42-39-15-12-9-6-3)59-53(56)47-44-41-38-36-33-21-19-17-14-11-8-5-2/h7,10,16,18,22-23,25-26,28-29,31-32,35,37,50H,4-6,8-9,11-15,17,19-21,24,27,30,33-34,36,38-49H2,1-3H3/b10-7-,18-16-,23-22-,26-25-,29-28-,32-31-,37-35-. The number of hydrogen-bond acceptors (Lipinski definition) is 6. The van der Waals surface area contributed by atoms with Crippen LogP contribution in [0.1, 0.15) is 213 Å². The van der Waals surface area contributed by atoms with Gasteiger partial charge in [0.15, 0.2) is 6.10 Å². The fourth-order valence-corrected chi connectivity index (χ4v) is 6.31. The molecule has 336 valence electrons. The van der Waals surface area contributed by atoms with Crippen LogP contribution in [-0.4, -0.2) is 37.2 Å². The van der Waals surface area contributed by atoms with Crippen molar-refractivity contribution in [3.8, 4) is 0 Å². The van der Waals surface area contributed by atoms with Crippen molar-refractivity contribution < 1.29 is 28.6 Å². The monoisotopic (exact) mass is 821 g/mol. The number of ether oxygens (including phenoxy) is 3. The SMILES string of the molecule is CC/C=C\C/C=C\C/C=C\C/C=C\C/C=C\C/C=C\C/C=C\CCCC(=O)OCC(COC(=O)CCCCCCCC)OC(=O)CCCCCCCCCCCCCC. The molecule has 0 spiro atoms. The van der Waals surface area contributed by atoms with Crippen LogP contribution in [0.2, 0.25) is 0 Å². The molecule has 0 amide bonds. The van der Waals surface area contributed by atoms with Crippen LogP contribution in [-0.2, 0) is 28.6 Å². The first kappa shape index (κ1) is 55.6. The van der Waals surface area contributed by atoms with E-state index in [0.717, 1.165) is 89.9 Å². The summed E-state index contributed by atoms with van der Waals surface area (Å²) in [5.41, 5.74) is 0. The zero-order chi connectivity index (χ0) is 43.0. The molecule has 0 rings (SSSR count). The molecule has 0 heterocycles. The highest BCUT2D eigenvalue weighted by atomic mass is 16.6. The maximum atomic E-state index is 12.7. The summed E-state index contributed by atoms with van der Waals surface area (Å²) in [6, 6.07) is 0. The Morgan fingerprint density at radius 3 is 1.03 bits per heavy atom. The zero-order valence-corrected chi connectivity index (χ0v) is 38.2. The van der Waals surface area contributed by atoms with Crippen molar-refractivity contribution in [3.05, 3.63) is 85.1 Å². The van der Waals surface area contributed by atoms with Gasteiger partial charge in [-0.25, -0.2) is 0 Å². The number of carbonyl (C=O) groups excluding carboxylic acids is 3. The molecular weight excluding hydrogens is 733 g/mol. The van der Waals surface area contributed by atoms with Gasteiger partial charge in [-0.3, -0.25) is 14.4 Å². The fraction of sp³-hybridized carbons (Fsp3) is 0.679. The number of allylic oxidation sites excluding steroid dienone is 14. The van der Waals surface area contributed by atoms with E-state index < -0.39 is 6.10 Å². The number of carbonyl (C=O) groups is 3. The van der Waals surface area contributed by atoms with Gasteiger partial charge < -0.3 is 14.2 Å². The highest BCUT2D eigenvalue weighted by molar-refractivity contribution is 5.71. The molecule has 0 radical (unpaired) electrons. The summed E-state index contributed by atoms with van der Waals surface area (Å²) < 4.78 is 16.6. The minimum Gasteiger partial charge on any atom is -0.462 e. The summed E-state index contributed by atoms with van der Waals surface area (Å²) in [4.78, 5) is 37.6. The van der Waals surface area contributed by atoms with Crippen LogP contribution in [0.25, 0.3) is 0 Å². The quantitative estimate of drug-likeness (QED) is 0.0264. The molecule has 0 aromatic carbocycles. The third kappa shape index (κ3) is 45.5. The molecule has 0 N–H and O–H groups in total. The third-order valence-electron chi connectivity index (χ3n) is 9.91. The first-order chi connectivity index (χ1) is 29.0. The summed E-state index contributed by atoms with van der Waals surface area (Å²) in [5.74, 6) is -0.970. The predicted octanol–water partition coefficient (Wildman–Crippen LogP) is 15.6. The van der Waals surface area contributed by atoms with E-state index in [0.29, 0.717) is 19.3 Å². The molecule has 0 aromatic heterocycles. The van der Waals surface area contributed by atoms with Gasteiger partial charge in [-0.1, -0.05) is 209 Å². The van der Waals surface area contributed by atoms with Crippen LogP contribution in [0, 0.1) is 0 Å². The van der Waals surface area contributed by atoms with Crippen LogP contribution >= 0.6 is 0 Å². The highest BCUT2D eigenvalue weighted by Crippen LogP contribution is 2.14. The molecule has 0 aliphatic heterocycles. The van der Waals surface area contributed by atoms with Crippen LogP contribution in [0.5, 0.6) is 0 Å². The molecule has 59 heavy (non-hydrogen) atoms. The lowest BCUT2D eigenvalue weighted by molar-refractivity contribution is -0.167. The molecule has 0 saturated carbocycles. The molecule has 6 heteroatoms. The van der Waals surface area contributed by atoms with Crippen LogP contribution in [0.3, 0.4) is 0 Å². The summed E-state index contributed by atoms with van der Waals surface area (Å²) in [5, 5.41) is 0. The first-order valence-electron chi connectivity index (χ1n) is 24.1. The summed E-state index contributed by atoms with van der Waals surface area (Å²) in [7, 11) is 0. The lowest BCUT2D eigenvalue weighted by atomic mass is 10.0. The molecule has 0 aromatic rings. The van der Waals surface area contributed by atoms with Gasteiger partial charge in [0.2, 0.25) is 0 Å². The Labute approximate surface area is 363 Å². The lowest BCUT2D eigenvalue weighted by Gasteiger charge is -2.18. The van der Waals surface area contributed by atoms with E-state index in [2.05, 4.69) is 106 Å². The van der Waals surface area contributed by atoms with E-state index in [4.69, 9.17) is 14.2 Å². The number of rotatable bonds is 42. The van der Waals surface area contributed by atoms with Gasteiger partial charge in [-0.05, 0) is 70.6 Å². The first-order valence-corrected chi connectivity index (χ1v) is 24.1. The largest absolute Gasteiger partial charge is 0.462 e. The average Bonchev–Trinajstić information content (AvgIpc) is 3.23. The second-order valence-electron chi connectivity index (χ2n) is 15.6.